The number of hydrogen-bond donors (Lipinski definition) is 2. The number of amides is 2. The van der Waals surface area contributed by atoms with Gasteiger partial charge in [-0.15, -0.1) is 0 Å². The van der Waals surface area contributed by atoms with Gasteiger partial charge in [-0.3, -0.25) is 9.59 Å². The summed E-state index contributed by atoms with van der Waals surface area (Å²) in [5.74, 6) is -0.421. The Kier molecular flexibility index (Phi) is 5.91. The lowest BCUT2D eigenvalue weighted by molar-refractivity contribution is 0.0285. The minimum Gasteiger partial charge on any atom is -0.444 e. The number of anilines is 1. The van der Waals surface area contributed by atoms with Gasteiger partial charge < -0.3 is 19.9 Å². The first-order valence-corrected chi connectivity index (χ1v) is 9.59. The van der Waals surface area contributed by atoms with Gasteiger partial charge in [0.05, 0.1) is 0 Å². The zero-order valence-electron chi connectivity index (χ0n) is 17.5. The van der Waals surface area contributed by atoms with E-state index in [9.17, 15) is 14.4 Å². The highest BCUT2D eigenvalue weighted by atomic mass is 16.6. The highest BCUT2D eigenvalue weighted by Crippen LogP contribution is 2.16. The molecular weight excluding hydrogens is 382 g/mol. The molecule has 0 aliphatic heterocycles. The second-order valence-electron chi connectivity index (χ2n) is 8.09. The van der Waals surface area contributed by atoms with Gasteiger partial charge in [0.15, 0.2) is 0 Å². The van der Waals surface area contributed by atoms with Gasteiger partial charge in [-0.1, -0.05) is 30.3 Å². The Hall–Kier alpha value is -3.61. The van der Waals surface area contributed by atoms with Crippen LogP contribution in [0, 0.1) is 0 Å². The van der Waals surface area contributed by atoms with Crippen LogP contribution in [0.4, 0.5) is 10.5 Å². The van der Waals surface area contributed by atoms with E-state index in [2.05, 4.69) is 10.3 Å². The summed E-state index contributed by atoms with van der Waals surface area (Å²) in [6, 6.07) is 15.9. The maximum Gasteiger partial charge on any atom is 0.410 e. The van der Waals surface area contributed by atoms with Crippen molar-refractivity contribution in [2.24, 2.45) is 0 Å². The molecule has 156 valence electrons. The third-order valence-corrected chi connectivity index (χ3v) is 4.31. The fourth-order valence-electron chi connectivity index (χ4n) is 2.96. The van der Waals surface area contributed by atoms with E-state index in [1.807, 2.05) is 32.9 Å². The first kappa shape index (κ1) is 21.1. The number of ether oxygens (including phenoxy) is 1. The number of nitrogens with zero attached hydrogens (tertiary/aromatic N) is 1. The highest BCUT2D eigenvalue weighted by molar-refractivity contribution is 6.04. The lowest BCUT2D eigenvalue weighted by Crippen LogP contribution is -2.33. The van der Waals surface area contributed by atoms with Crippen molar-refractivity contribution < 1.29 is 14.3 Å². The fraction of sp³-hybridized carbons (Fsp3) is 0.261. The number of aromatic nitrogens is 1. The number of carbonyl (C=O) groups is 2. The summed E-state index contributed by atoms with van der Waals surface area (Å²) in [5, 5.41) is 4.01. The number of aromatic amines is 1. The van der Waals surface area contributed by atoms with Crippen molar-refractivity contribution >= 4 is 28.5 Å². The molecule has 1 heterocycles. The van der Waals surface area contributed by atoms with E-state index in [1.54, 1.807) is 49.5 Å². The van der Waals surface area contributed by atoms with Crippen LogP contribution in [0.1, 0.15) is 36.8 Å². The number of pyridine rings is 1. The number of hydrogen-bond acceptors (Lipinski definition) is 4. The summed E-state index contributed by atoms with van der Waals surface area (Å²) in [7, 11) is 1.65. The van der Waals surface area contributed by atoms with Gasteiger partial charge in [0.2, 0.25) is 0 Å². The van der Waals surface area contributed by atoms with Gasteiger partial charge in [0.1, 0.15) is 11.3 Å². The molecule has 1 aromatic heterocycles. The second kappa shape index (κ2) is 8.41. The van der Waals surface area contributed by atoms with Crippen molar-refractivity contribution in [3.8, 4) is 0 Å². The van der Waals surface area contributed by atoms with Crippen LogP contribution in [-0.2, 0) is 11.3 Å². The molecule has 2 aromatic carbocycles. The maximum absolute atomic E-state index is 12.6. The summed E-state index contributed by atoms with van der Waals surface area (Å²) in [4.78, 5) is 41.1. The van der Waals surface area contributed by atoms with Gasteiger partial charge in [-0.25, -0.2) is 4.79 Å². The average Bonchev–Trinajstić information content (AvgIpc) is 2.67. The van der Waals surface area contributed by atoms with Crippen molar-refractivity contribution in [3.05, 3.63) is 76.2 Å². The Morgan fingerprint density at radius 1 is 1.07 bits per heavy atom. The lowest BCUT2D eigenvalue weighted by Gasteiger charge is -2.24. The number of nitrogens with one attached hydrogen (secondary N) is 2. The third-order valence-electron chi connectivity index (χ3n) is 4.31. The number of fused-ring (bicyclic) bond motifs is 1. The normalized spacial score (nSPS) is 11.2. The number of H-pyrrole nitrogens is 1. The van der Waals surface area contributed by atoms with Gasteiger partial charge in [-0.2, -0.15) is 0 Å². The highest BCUT2D eigenvalue weighted by Gasteiger charge is 2.19. The molecule has 3 aromatic rings. The molecule has 2 amide bonds. The van der Waals surface area contributed by atoms with Crippen molar-refractivity contribution in [1.29, 1.82) is 0 Å². The molecule has 0 unspecified atom stereocenters. The number of carbonyl (C=O) groups excluding carboxylic acids is 2. The maximum atomic E-state index is 12.6. The smallest absolute Gasteiger partial charge is 0.410 e. The molecule has 0 radical (unpaired) electrons. The monoisotopic (exact) mass is 407 g/mol. The molecule has 0 aliphatic carbocycles. The lowest BCUT2D eigenvalue weighted by atomic mass is 10.1. The summed E-state index contributed by atoms with van der Waals surface area (Å²) in [6.45, 7) is 5.76. The Bertz CT molecular complexity index is 1140. The molecule has 0 fully saturated rings. The van der Waals surface area contributed by atoms with Gasteiger partial charge in [0.25, 0.3) is 11.5 Å². The number of rotatable bonds is 4. The second-order valence-corrected chi connectivity index (χ2v) is 8.09. The first-order chi connectivity index (χ1) is 14.1. The molecule has 0 saturated heterocycles. The molecule has 30 heavy (non-hydrogen) atoms. The summed E-state index contributed by atoms with van der Waals surface area (Å²) in [6.07, 6.45) is -0.425. The molecule has 0 aliphatic rings. The SMILES string of the molecule is CN(Cc1cccc(NC(=O)c2cc3ccccc3c(=O)[nH]2)c1)C(=O)OC(C)(C)C. The molecule has 7 heteroatoms. The van der Waals surface area contributed by atoms with E-state index in [0.29, 0.717) is 23.0 Å². The molecule has 0 bridgehead atoms. The number of benzene rings is 2. The van der Waals surface area contributed by atoms with Gasteiger partial charge in [0, 0.05) is 24.7 Å². The van der Waals surface area contributed by atoms with Crippen molar-refractivity contribution in [2.45, 2.75) is 32.9 Å². The standard InChI is InChI=1S/C23H25N3O4/c1-23(2,3)30-22(29)26(4)14-15-8-7-10-17(12-15)24-21(28)19-13-16-9-5-6-11-18(16)20(27)25-19/h5-13H,14H2,1-4H3,(H,24,28)(H,25,27). The summed E-state index contributed by atoms with van der Waals surface area (Å²) < 4.78 is 5.35. The quantitative estimate of drug-likeness (QED) is 0.680. The Balaban J connectivity index is 1.73. The third kappa shape index (κ3) is 5.26. The van der Waals surface area contributed by atoms with Crippen LogP contribution >= 0.6 is 0 Å². The van der Waals surface area contributed by atoms with Crippen LogP contribution < -0.4 is 10.9 Å². The predicted octanol–water partition coefficient (Wildman–Crippen LogP) is 4.15. The van der Waals surface area contributed by atoms with Gasteiger partial charge >= 0.3 is 6.09 Å². The molecule has 2 N–H and O–H groups in total. The molecular formula is C23H25N3O4. The molecule has 3 rings (SSSR count). The minimum atomic E-state index is -0.571. The van der Waals surface area contributed by atoms with E-state index in [-0.39, 0.29) is 11.3 Å². The summed E-state index contributed by atoms with van der Waals surface area (Å²) >= 11 is 0. The topological polar surface area (TPSA) is 91.5 Å². The minimum absolute atomic E-state index is 0.176. The van der Waals surface area contributed by atoms with Crippen LogP contribution in [0.5, 0.6) is 0 Å². The van der Waals surface area contributed by atoms with Crippen LogP contribution in [0.25, 0.3) is 10.8 Å². The largest absolute Gasteiger partial charge is 0.444 e. The van der Waals surface area contributed by atoms with Crippen LogP contribution in [0.2, 0.25) is 0 Å². The van der Waals surface area contributed by atoms with Crippen molar-refractivity contribution in [2.75, 3.05) is 12.4 Å². The van der Waals surface area contributed by atoms with E-state index < -0.39 is 17.6 Å². The van der Waals surface area contributed by atoms with Crippen molar-refractivity contribution in [3.63, 3.8) is 0 Å². The van der Waals surface area contributed by atoms with Crippen LogP contribution in [-0.4, -0.2) is 34.5 Å². The fourth-order valence-corrected chi connectivity index (χ4v) is 2.96. The summed E-state index contributed by atoms with van der Waals surface area (Å²) in [5.41, 5.74) is 0.677. The molecule has 0 spiro atoms. The Morgan fingerprint density at radius 3 is 2.53 bits per heavy atom. The van der Waals surface area contributed by atoms with E-state index >= 15 is 0 Å². The molecule has 7 nitrogen and oxygen atoms in total. The predicted molar refractivity (Wildman–Crippen MR) is 117 cm³/mol. The van der Waals surface area contributed by atoms with Crippen molar-refractivity contribution in [1.82, 2.24) is 9.88 Å². The van der Waals surface area contributed by atoms with E-state index in [4.69, 9.17) is 4.74 Å². The van der Waals surface area contributed by atoms with Crippen LogP contribution in [0.15, 0.2) is 59.4 Å². The zero-order valence-corrected chi connectivity index (χ0v) is 17.5. The van der Waals surface area contributed by atoms with Gasteiger partial charge in [-0.05, 0) is 56.0 Å². The Labute approximate surface area is 174 Å². The molecule has 0 saturated carbocycles. The first-order valence-electron chi connectivity index (χ1n) is 9.59. The van der Waals surface area contributed by atoms with E-state index in [0.717, 1.165) is 5.56 Å². The van der Waals surface area contributed by atoms with E-state index in [1.165, 1.54) is 4.90 Å². The average molecular weight is 407 g/mol. The zero-order chi connectivity index (χ0) is 21.9. The van der Waals surface area contributed by atoms with Crippen LogP contribution in [0.3, 0.4) is 0 Å². The molecule has 0 atom stereocenters. The Morgan fingerprint density at radius 2 is 1.80 bits per heavy atom.